The van der Waals surface area contributed by atoms with Crippen LogP contribution in [0.1, 0.15) is 77.6 Å². The molecule has 0 saturated carbocycles. The zero-order chi connectivity index (χ0) is 15.8. The quantitative estimate of drug-likeness (QED) is 0.215. The molecule has 22 heavy (non-hydrogen) atoms. The SMILES string of the molecule is C=CCC(CN)C(=O)OCCCCCCCCCCCC.[NaH]. The van der Waals surface area contributed by atoms with Gasteiger partial charge in [0.25, 0.3) is 0 Å². The van der Waals surface area contributed by atoms with Crippen LogP contribution in [0.4, 0.5) is 0 Å². The Morgan fingerprint density at radius 1 is 1.05 bits per heavy atom. The van der Waals surface area contributed by atoms with Crippen LogP contribution in [0.3, 0.4) is 0 Å². The Bertz CT molecular complexity index is 259. The minimum atomic E-state index is -0.217. The molecule has 126 valence electrons. The summed E-state index contributed by atoms with van der Waals surface area (Å²) >= 11 is 0. The van der Waals surface area contributed by atoms with Gasteiger partial charge < -0.3 is 10.5 Å². The van der Waals surface area contributed by atoms with E-state index in [0.29, 0.717) is 19.6 Å². The van der Waals surface area contributed by atoms with Crippen molar-refractivity contribution in [3.8, 4) is 0 Å². The standard InChI is InChI=1S/C18H35NO2.Na.H/c1-3-5-6-7-8-9-10-11-12-13-15-21-18(20)17(16-19)14-4-2;;/h4,17H,2-3,5-16,19H2,1H3;;. The van der Waals surface area contributed by atoms with Crippen LogP contribution in [-0.2, 0) is 9.53 Å². The molecule has 0 aromatic heterocycles. The Balaban J connectivity index is 0. The summed E-state index contributed by atoms with van der Waals surface area (Å²) < 4.78 is 5.25. The molecule has 0 rings (SSSR count). The van der Waals surface area contributed by atoms with Crippen LogP contribution in [-0.4, -0.2) is 48.7 Å². The molecule has 2 N–H and O–H groups in total. The van der Waals surface area contributed by atoms with Crippen LogP contribution < -0.4 is 5.73 Å². The van der Waals surface area contributed by atoms with Crippen LogP contribution in [0, 0.1) is 5.92 Å². The first kappa shape index (κ1) is 24.4. The van der Waals surface area contributed by atoms with E-state index < -0.39 is 0 Å². The maximum atomic E-state index is 11.7. The van der Waals surface area contributed by atoms with Gasteiger partial charge in [0.05, 0.1) is 12.5 Å². The minimum absolute atomic E-state index is 0. The molecule has 0 fully saturated rings. The van der Waals surface area contributed by atoms with Gasteiger partial charge in [-0.2, -0.15) is 0 Å². The summed E-state index contributed by atoms with van der Waals surface area (Å²) in [7, 11) is 0. The van der Waals surface area contributed by atoms with Crippen molar-refractivity contribution in [2.45, 2.75) is 77.6 Å². The third-order valence-electron chi connectivity index (χ3n) is 3.81. The third-order valence-corrected chi connectivity index (χ3v) is 3.81. The van der Waals surface area contributed by atoms with E-state index in [1.54, 1.807) is 6.08 Å². The van der Waals surface area contributed by atoms with E-state index in [-0.39, 0.29) is 41.4 Å². The fraction of sp³-hybridized carbons (Fsp3) is 0.833. The third kappa shape index (κ3) is 15.1. The normalized spacial score (nSPS) is 11.5. The molecular formula is C18H36NNaO2. The van der Waals surface area contributed by atoms with Gasteiger partial charge in [0.15, 0.2) is 0 Å². The summed E-state index contributed by atoms with van der Waals surface area (Å²) in [6, 6.07) is 0. The van der Waals surface area contributed by atoms with Gasteiger partial charge in [0.2, 0.25) is 0 Å². The summed E-state index contributed by atoms with van der Waals surface area (Å²) in [6.07, 6.45) is 15.2. The van der Waals surface area contributed by atoms with E-state index in [1.165, 1.54) is 51.4 Å². The average molecular weight is 321 g/mol. The summed E-state index contributed by atoms with van der Waals surface area (Å²) in [5.41, 5.74) is 5.54. The van der Waals surface area contributed by atoms with Crippen molar-refractivity contribution in [3.63, 3.8) is 0 Å². The van der Waals surface area contributed by atoms with E-state index in [9.17, 15) is 4.79 Å². The second-order valence-electron chi connectivity index (χ2n) is 5.81. The van der Waals surface area contributed by atoms with Gasteiger partial charge in [-0.05, 0) is 12.8 Å². The number of carbonyl (C=O) groups is 1. The zero-order valence-electron chi connectivity index (χ0n) is 13.9. The summed E-state index contributed by atoms with van der Waals surface area (Å²) in [5, 5.41) is 0. The molecule has 0 bridgehead atoms. The predicted molar refractivity (Wildman–Crippen MR) is 97.3 cm³/mol. The van der Waals surface area contributed by atoms with Crippen molar-refractivity contribution in [1.29, 1.82) is 0 Å². The fourth-order valence-corrected chi connectivity index (χ4v) is 2.37. The summed E-state index contributed by atoms with van der Waals surface area (Å²) in [5.74, 6) is -0.390. The molecule has 0 amide bonds. The first-order chi connectivity index (χ1) is 10.3. The molecule has 0 aliphatic heterocycles. The molecule has 0 spiro atoms. The first-order valence-electron chi connectivity index (χ1n) is 8.73. The van der Waals surface area contributed by atoms with E-state index in [1.807, 2.05) is 0 Å². The first-order valence-corrected chi connectivity index (χ1v) is 8.73. The maximum absolute atomic E-state index is 11.7. The van der Waals surface area contributed by atoms with Crippen LogP contribution in [0.5, 0.6) is 0 Å². The van der Waals surface area contributed by atoms with Crippen LogP contribution >= 0.6 is 0 Å². The molecule has 0 radical (unpaired) electrons. The van der Waals surface area contributed by atoms with Crippen LogP contribution in [0.2, 0.25) is 0 Å². The predicted octanol–water partition coefficient (Wildman–Crippen LogP) is 3.95. The Kier molecular flexibility index (Phi) is 21.3. The molecule has 0 aromatic carbocycles. The molecule has 0 saturated heterocycles. The van der Waals surface area contributed by atoms with Crippen LogP contribution in [0.15, 0.2) is 12.7 Å². The molecule has 1 unspecified atom stereocenters. The number of hydrogen-bond acceptors (Lipinski definition) is 3. The number of nitrogens with two attached hydrogens (primary N) is 1. The number of hydrogen-bond donors (Lipinski definition) is 1. The van der Waals surface area contributed by atoms with Gasteiger partial charge in [0, 0.05) is 6.54 Å². The van der Waals surface area contributed by atoms with E-state index in [0.717, 1.165) is 12.8 Å². The molecule has 3 nitrogen and oxygen atoms in total. The van der Waals surface area contributed by atoms with Gasteiger partial charge in [0.1, 0.15) is 0 Å². The van der Waals surface area contributed by atoms with E-state index in [2.05, 4.69) is 13.5 Å². The number of allylic oxidation sites excluding steroid dienone is 1. The second kappa shape index (κ2) is 19.2. The summed E-state index contributed by atoms with van der Waals surface area (Å²) in [6.45, 7) is 6.75. The average Bonchev–Trinajstić information content (AvgIpc) is 2.50. The van der Waals surface area contributed by atoms with Gasteiger partial charge >= 0.3 is 35.5 Å². The molecule has 0 aliphatic carbocycles. The topological polar surface area (TPSA) is 52.3 Å². The Morgan fingerprint density at radius 2 is 1.55 bits per heavy atom. The van der Waals surface area contributed by atoms with Crippen molar-refractivity contribution in [2.24, 2.45) is 11.7 Å². The Hall–Kier alpha value is 0.170. The Labute approximate surface area is 159 Å². The monoisotopic (exact) mass is 321 g/mol. The van der Waals surface area contributed by atoms with Crippen molar-refractivity contribution in [3.05, 3.63) is 12.7 Å². The van der Waals surface area contributed by atoms with E-state index >= 15 is 0 Å². The van der Waals surface area contributed by atoms with Gasteiger partial charge in [-0.1, -0.05) is 70.8 Å². The van der Waals surface area contributed by atoms with Gasteiger partial charge in [-0.3, -0.25) is 4.79 Å². The number of esters is 1. The molecule has 4 heteroatoms. The van der Waals surface area contributed by atoms with Gasteiger partial charge in [-0.15, -0.1) is 6.58 Å². The van der Waals surface area contributed by atoms with Crippen molar-refractivity contribution in [2.75, 3.05) is 13.2 Å². The van der Waals surface area contributed by atoms with Gasteiger partial charge in [-0.25, -0.2) is 0 Å². The molecule has 0 aromatic rings. The van der Waals surface area contributed by atoms with Crippen molar-refractivity contribution >= 4 is 35.5 Å². The molecule has 0 aliphatic rings. The molecule has 0 heterocycles. The van der Waals surface area contributed by atoms with E-state index in [4.69, 9.17) is 10.5 Å². The van der Waals surface area contributed by atoms with Crippen molar-refractivity contribution < 1.29 is 9.53 Å². The zero-order valence-corrected chi connectivity index (χ0v) is 13.9. The number of carbonyl (C=O) groups excluding carboxylic acids is 1. The number of ether oxygens (including phenoxy) is 1. The second-order valence-corrected chi connectivity index (χ2v) is 5.81. The molecule has 1 atom stereocenters. The number of rotatable bonds is 15. The fourth-order valence-electron chi connectivity index (χ4n) is 2.37. The molecular weight excluding hydrogens is 285 g/mol. The van der Waals surface area contributed by atoms with Crippen molar-refractivity contribution in [1.82, 2.24) is 0 Å². The van der Waals surface area contributed by atoms with Crippen LogP contribution in [0.25, 0.3) is 0 Å². The number of unbranched alkanes of at least 4 members (excludes halogenated alkanes) is 9. The Morgan fingerprint density at radius 3 is 2.00 bits per heavy atom. The summed E-state index contributed by atoms with van der Waals surface area (Å²) in [4.78, 5) is 11.7.